The number of hydrogen-bond acceptors (Lipinski definition) is 5. The number of ether oxygens (including phenoxy) is 1. The number of aromatic nitrogens is 1. The minimum atomic E-state index is -0.504. The van der Waals surface area contributed by atoms with Gasteiger partial charge in [-0.15, -0.1) is 11.3 Å². The molecule has 1 saturated heterocycles. The predicted molar refractivity (Wildman–Crippen MR) is 107 cm³/mol. The number of nitrogens with zero attached hydrogens (tertiary/aromatic N) is 2. The van der Waals surface area contributed by atoms with E-state index in [1.54, 1.807) is 22.4 Å². The molecule has 1 aliphatic heterocycles. The molecule has 3 rings (SSSR count). The average Bonchev–Trinajstić information content (AvgIpc) is 3.16. The van der Waals surface area contributed by atoms with Gasteiger partial charge in [0.05, 0.1) is 0 Å². The standard InChI is InChI=1S/C20H25N3O3S/c1-20(2,3)26-19(25)23-11-8-14(9-12-23)17(24)22-16-6-4-15(5-7-16)18-21-10-13-27-18/h4-7,10,13-14H,8-9,11-12H2,1-3H3,(H,22,24). The van der Waals surface area contributed by atoms with E-state index in [-0.39, 0.29) is 17.9 Å². The van der Waals surface area contributed by atoms with Gasteiger partial charge in [0.2, 0.25) is 5.91 Å². The zero-order valence-corrected chi connectivity index (χ0v) is 16.7. The smallest absolute Gasteiger partial charge is 0.410 e. The number of likely N-dealkylation sites (tertiary alicyclic amines) is 1. The van der Waals surface area contributed by atoms with E-state index < -0.39 is 5.60 Å². The molecule has 1 N–H and O–H groups in total. The Morgan fingerprint density at radius 3 is 2.41 bits per heavy atom. The van der Waals surface area contributed by atoms with Gasteiger partial charge >= 0.3 is 6.09 Å². The van der Waals surface area contributed by atoms with Gasteiger partial charge in [-0.3, -0.25) is 4.79 Å². The van der Waals surface area contributed by atoms with E-state index in [0.29, 0.717) is 25.9 Å². The summed E-state index contributed by atoms with van der Waals surface area (Å²) in [7, 11) is 0. The van der Waals surface area contributed by atoms with Crippen molar-refractivity contribution in [1.29, 1.82) is 0 Å². The molecule has 0 saturated carbocycles. The van der Waals surface area contributed by atoms with E-state index in [1.165, 1.54) is 0 Å². The summed E-state index contributed by atoms with van der Waals surface area (Å²) >= 11 is 1.58. The molecule has 2 heterocycles. The number of nitrogens with one attached hydrogen (secondary N) is 1. The first-order valence-electron chi connectivity index (χ1n) is 9.10. The van der Waals surface area contributed by atoms with Crippen LogP contribution >= 0.6 is 11.3 Å². The van der Waals surface area contributed by atoms with Crippen LogP contribution in [0.3, 0.4) is 0 Å². The molecule has 1 aromatic heterocycles. The molecule has 7 heteroatoms. The van der Waals surface area contributed by atoms with Crippen LogP contribution in [0.4, 0.5) is 10.5 Å². The molecule has 0 atom stereocenters. The maximum Gasteiger partial charge on any atom is 0.410 e. The lowest BCUT2D eigenvalue weighted by atomic mass is 9.96. The monoisotopic (exact) mass is 387 g/mol. The molecule has 1 aromatic carbocycles. The summed E-state index contributed by atoms with van der Waals surface area (Å²) in [6.07, 6.45) is 2.75. The first kappa shape index (κ1) is 19.4. The molecule has 1 fully saturated rings. The summed E-state index contributed by atoms with van der Waals surface area (Å²) in [6.45, 7) is 6.63. The summed E-state index contributed by atoms with van der Waals surface area (Å²) in [6, 6.07) is 7.70. The molecule has 0 unspecified atom stereocenters. The lowest BCUT2D eigenvalue weighted by Gasteiger charge is -2.32. The molecule has 1 aliphatic rings. The number of thiazole rings is 1. The highest BCUT2D eigenvalue weighted by Crippen LogP contribution is 2.25. The van der Waals surface area contributed by atoms with Crippen LogP contribution in [0.15, 0.2) is 35.8 Å². The Balaban J connectivity index is 1.50. The van der Waals surface area contributed by atoms with Crippen LogP contribution in [0.1, 0.15) is 33.6 Å². The summed E-state index contributed by atoms with van der Waals surface area (Å²) in [5, 5.41) is 5.88. The van der Waals surface area contributed by atoms with Gasteiger partial charge in [-0.2, -0.15) is 0 Å². The predicted octanol–water partition coefficient (Wildman–Crippen LogP) is 4.40. The van der Waals surface area contributed by atoms with Gasteiger partial charge < -0.3 is 15.0 Å². The molecule has 6 nitrogen and oxygen atoms in total. The van der Waals surface area contributed by atoms with E-state index in [4.69, 9.17) is 4.74 Å². The third-order valence-electron chi connectivity index (χ3n) is 4.35. The van der Waals surface area contributed by atoms with E-state index in [2.05, 4.69) is 10.3 Å². The van der Waals surface area contributed by atoms with Gasteiger partial charge in [-0.05, 0) is 57.9 Å². The van der Waals surface area contributed by atoms with Crippen LogP contribution in [-0.4, -0.2) is 40.6 Å². The fourth-order valence-electron chi connectivity index (χ4n) is 2.96. The molecule has 2 amide bonds. The van der Waals surface area contributed by atoms with E-state index in [1.807, 2.05) is 50.4 Å². The number of rotatable bonds is 3. The maximum absolute atomic E-state index is 12.5. The fourth-order valence-corrected chi connectivity index (χ4v) is 3.60. The van der Waals surface area contributed by atoms with E-state index in [9.17, 15) is 9.59 Å². The molecule has 27 heavy (non-hydrogen) atoms. The summed E-state index contributed by atoms with van der Waals surface area (Å²) in [5.74, 6) is -0.0943. The number of carbonyl (C=O) groups excluding carboxylic acids is 2. The van der Waals surface area contributed by atoms with E-state index in [0.717, 1.165) is 16.3 Å². The zero-order valence-electron chi connectivity index (χ0n) is 15.9. The molecule has 0 spiro atoms. The van der Waals surface area contributed by atoms with Gasteiger partial charge in [0.25, 0.3) is 0 Å². The largest absolute Gasteiger partial charge is 0.444 e. The van der Waals surface area contributed by atoms with Crippen molar-refractivity contribution in [2.24, 2.45) is 5.92 Å². The second kappa shape index (κ2) is 8.08. The molecule has 0 aliphatic carbocycles. The summed E-state index contributed by atoms with van der Waals surface area (Å²) in [5.41, 5.74) is 1.30. The number of hydrogen-bond donors (Lipinski definition) is 1. The number of amides is 2. The van der Waals surface area contributed by atoms with Crippen LogP contribution in [0.25, 0.3) is 10.6 Å². The normalized spacial score (nSPS) is 15.4. The van der Waals surface area contributed by atoms with Crippen LogP contribution in [-0.2, 0) is 9.53 Å². The number of carbonyl (C=O) groups is 2. The van der Waals surface area contributed by atoms with Gasteiger partial charge in [0, 0.05) is 41.8 Å². The molecule has 0 radical (unpaired) electrons. The minimum Gasteiger partial charge on any atom is -0.444 e. The molecule has 144 valence electrons. The second-order valence-electron chi connectivity index (χ2n) is 7.65. The first-order chi connectivity index (χ1) is 12.8. The topological polar surface area (TPSA) is 71.5 Å². The Hall–Kier alpha value is -2.41. The van der Waals surface area contributed by atoms with Crippen LogP contribution in [0.2, 0.25) is 0 Å². The Labute approximate surface area is 163 Å². The fraction of sp³-hybridized carbons (Fsp3) is 0.450. The van der Waals surface area contributed by atoms with Crippen molar-refractivity contribution in [2.45, 2.75) is 39.2 Å². The van der Waals surface area contributed by atoms with Gasteiger partial charge in [-0.25, -0.2) is 9.78 Å². The third kappa shape index (κ3) is 5.29. The van der Waals surface area contributed by atoms with Crippen molar-refractivity contribution in [3.8, 4) is 10.6 Å². The van der Waals surface area contributed by atoms with E-state index >= 15 is 0 Å². The second-order valence-corrected chi connectivity index (χ2v) is 8.54. The van der Waals surface area contributed by atoms with Crippen LogP contribution in [0, 0.1) is 5.92 Å². The molecular formula is C20H25N3O3S. The van der Waals surface area contributed by atoms with Gasteiger partial charge in [0.15, 0.2) is 0 Å². The van der Waals surface area contributed by atoms with Crippen LogP contribution in [0.5, 0.6) is 0 Å². The van der Waals surface area contributed by atoms with Crippen molar-refractivity contribution in [3.63, 3.8) is 0 Å². The average molecular weight is 388 g/mol. The molecular weight excluding hydrogens is 362 g/mol. The lowest BCUT2D eigenvalue weighted by Crippen LogP contribution is -2.43. The van der Waals surface area contributed by atoms with Crippen molar-refractivity contribution in [1.82, 2.24) is 9.88 Å². The maximum atomic E-state index is 12.5. The Kier molecular flexibility index (Phi) is 5.79. The highest BCUT2D eigenvalue weighted by Gasteiger charge is 2.29. The molecule has 2 aromatic rings. The Bertz CT molecular complexity index is 774. The van der Waals surface area contributed by atoms with Crippen molar-refractivity contribution in [2.75, 3.05) is 18.4 Å². The Morgan fingerprint density at radius 1 is 1.19 bits per heavy atom. The highest BCUT2D eigenvalue weighted by atomic mass is 32.1. The zero-order chi connectivity index (χ0) is 19.4. The number of piperidine rings is 1. The SMILES string of the molecule is CC(C)(C)OC(=O)N1CCC(C(=O)Nc2ccc(-c3nccs3)cc2)CC1. The van der Waals surface area contributed by atoms with Gasteiger partial charge in [0.1, 0.15) is 10.6 Å². The molecule has 0 bridgehead atoms. The first-order valence-corrected chi connectivity index (χ1v) is 9.98. The van der Waals surface area contributed by atoms with Crippen molar-refractivity contribution < 1.29 is 14.3 Å². The Morgan fingerprint density at radius 2 is 1.85 bits per heavy atom. The van der Waals surface area contributed by atoms with Gasteiger partial charge in [-0.1, -0.05) is 0 Å². The summed E-state index contributed by atoms with van der Waals surface area (Å²) < 4.78 is 5.39. The number of benzene rings is 1. The minimum absolute atomic E-state index is 0.000775. The number of anilines is 1. The quantitative estimate of drug-likeness (QED) is 0.847. The summed E-state index contributed by atoms with van der Waals surface area (Å²) in [4.78, 5) is 30.6. The third-order valence-corrected chi connectivity index (χ3v) is 5.17. The van der Waals surface area contributed by atoms with Crippen molar-refractivity contribution in [3.05, 3.63) is 35.8 Å². The highest BCUT2D eigenvalue weighted by molar-refractivity contribution is 7.13. The van der Waals surface area contributed by atoms with Crippen molar-refractivity contribution >= 4 is 29.0 Å². The lowest BCUT2D eigenvalue weighted by molar-refractivity contribution is -0.121. The van der Waals surface area contributed by atoms with Crippen LogP contribution < -0.4 is 5.32 Å².